The molecule has 0 heterocycles. The molecule has 15 heavy (non-hydrogen) atoms. The Hall–Kier alpha value is -1.31. The molecule has 0 spiro atoms. The third kappa shape index (κ3) is 2.20. The summed E-state index contributed by atoms with van der Waals surface area (Å²) < 4.78 is 5.80. The highest BCUT2D eigenvalue weighted by Crippen LogP contribution is 2.34. The Morgan fingerprint density at radius 2 is 2.13 bits per heavy atom. The van der Waals surface area contributed by atoms with Crippen molar-refractivity contribution in [2.24, 2.45) is 0 Å². The normalized spacial score (nSPS) is 15.4. The zero-order valence-electron chi connectivity index (χ0n) is 9.19. The highest BCUT2D eigenvalue weighted by atomic mass is 16.5. The Morgan fingerprint density at radius 3 is 2.67 bits per heavy atom. The fourth-order valence-corrected chi connectivity index (χ4v) is 1.75. The topological polar surface area (TPSA) is 26.3 Å². The van der Waals surface area contributed by atoms with Gasteiger partial charge in [0, 0.05) is 11.1 Å². The Morgan fingerprint density at radius 1 is 1.40 bits per heavy atom. The number of rotatable bonds is 4. The van der Waals surface area contributed by atoms with Crippen molar-refractivity contribution in [2.75, 3.05) is 0 Å². The van der Waals surface area contributed by atoms with E-state index in [2.05, 4.69) is 13.8 Å². The van der Waals surface area contributed by atoms with Gasteiger partial charge in [-0.1, -0.05) is 26.0 Å². The van der Waals surface area contributed by atoms with E-state index in [0.29, 0.717) is 12.0 Å². The summed E-state index contributed by atoms with van der Waals surface area (Å²) >= 11 is 0. The largest absolute Gasteiger partial charge is 0.490 e. The van der Waals surface area contributed by atoms with Crippen molar-refractivity contribution in [3.63, 3.8) is 0 Å². The smallest absolute Gasteiger partial charge is 0.150 e. The Balaban J connectivity index is 2.36. The lowest BCUT2D eigenvalue weighted by Crippen LogP contribution is -2.03. The van der Waals surface area contributed by atoms with E-state index < -0.39 is 0 Å². The van der Waals surface area contributed by atoms with Gasteiger partial charge in [-0.25, -0.2) is 0 Å². The molecule has 0 saturated heterocycles. The van der Waals surface area contributed by atoms with Gasteiger partial charge in [-0.2, -0.15) is 0 Å². The molecule has 80 valence electrons. The molecule has 0 amide bonds. The van der Waals surface area contributed by atoms with Crippen LogP contribution in [0.15, 0.2) is 18.2 Å². The maximum Gasteiger partial charge on any atom is 0.150 e. The van der Waals surface area contributed by atoms with Crippen molar-refractivity contribution in [1.82, 2.24) is 0 Å². The molecule has 1 aliphatic carbocycles. The molecule has 0 aromatic heterocycles. The first-order valence-electron chi connectivity index (χ1n) is 5.47. The van der Waals surface area contributed by atoms with Crippen LogP contribution in [0.2, 0.25) is 0 Å². The van der Waals surface area contributed by atoms with Crippen LogP contribution in [0.5, 0.6) is 5.75 Å². The Kier molecular flexibility index (Phi) is 2.76. The van der Waals surface area contributed by atoms with Crippen LogP contribution in [0.25, 0.3) is 0 Å². The second-order valence-corrected chi connectivity index (χ2v) is 4.35. The van der Waals surface area contributed by atoms with E-state index in [4.69, 9.17) is 4.74 Å². The molecule has 0 aliphatic heterocycles. The Labute approximate surface area is 90.3 Å². The summed E-state index contributed by atoms with van der Waals surface area (Å²) in [6.45, 7) is 4.17. The molecule has 1 saturated carbocycles. The first kappa shape index (κ1) is 10.2. The first-order chi connectivity index (χ1) is 7.22. The molecule has 0 atom stereocenters. The van der Waals surface area contributed by atoms with Gasteiger partial charge >= 0.3 is 0 Å². The maximum atomic E-state index is 10.9. The van der Waals surface area contributed by atoms with Crippen molar-refractivity contribution >= 4 is 6.29 Å². The van der Waals surface area contributed by atoms with Crippen molar-refractivity contribution in [1.29, 1.82) is 0 Å². The lowest BCUT2D eigenvalue weighted by Gasteiger charge is -2.15. The predicted molar refractivity (Wildman–Crippen MR) is 59.6 cm³/mol. The van der Waals surface area contributed by atoms with Gasteiger partial charge in [-0.15, -0.1) is 0 Å². The van der Waals surface area contributed by atoms with Gasteiger partial charge in [-0.3, -0.25) is 4.79 Å². The van der Waals surface area contributed by atoms with E-state index in [0.717, 1.165) is 36.0 Å². The molecule has 1 aromatic carbocycles. The number of benzene rings is 1. The molecule has 2 heteroatoms. The highest BCUT2D eigenvalue weighted by Gasteiger charge is 2.25. The van der Waals surface area contributed by atoms with E-state index in [-0.39, 0.29) is 0 Å². The van der Waals surface area contributed by atoms with E-state index in [1.807, 2.05) is 18.2 Å². The van der Waals surface area contributed by atoms with Crippen LogP contribution in [0, 0.1) is 0 Å². The molecule has 0 N–H and O–H groups in total. The summed E-state index contributed by atoms with van der Waals surface area (Å²) in [5, 5.41) is 0. The highest BCUT2D eigenvalue weighted by molar-refractivity contribution is 5.79. The van der Waals surface area contributed by atoms with Crippen molar-refractivity contribution < 1.29 is 9.53 Å². The van der Waals surface area contributed by atoms with Gasteiger partial charge in [0.2, 0.25) is 0 Å². The van der Waals surface area contributed by atoms with Gasteiger partial charge in [0.05, 0.1) is 6.10 Å². The van der Waals surface area contributed by atoms with Gasteiger partial charge in [0.15, 0.2) is 0 Å². The molecule has 1 aliphatic rings. The molecule has 0 radical (unpaired) electrons. The average Bonchev–Trinajstić information content (AvgIpc) is 3.01. The lowest BCUT2D eigenvalue weighted by molar-refractivity contribution is 0.112. The van der Waals surface area contributed by atoms with E-state index in [1.54, 1.807) is 0 Å². The summed E-state index contributed by atoms with van der Waals surface area (Å²) in [6, 6.07) is 5.69. The lowest BCUT2D eigenvalue weighted by atomic mass is 9.97. The summed E-state index contributed by atoms with van der Waals surface area (Å²) in [7, 11) is 0. The summed E-state index contributed by atoms with van der Waals surface area (Å²) in [5.41, 5.74) is 1.79. The molecular weight excluding hydrogens is 188 g/mol. The van der Waals surface area contributed by atoms with E-state index >= 15 is 0 Å². The summed E-state index contributed by atoms with van der Waals surface area (Å²) in [6.07, 6.45) is 3.57. The number of carbonyl (C=O) groups excluding carboxylic acids is 1. The average molecular weight is 204 g/mol. The predicted octanol–water partition coefficient (Wildman–Crippen LogP) is 3.16. The quantitative estimate of drug-likeness (QED) is 0.704. The van der Waals surface area contributed by atoms with Crippen LogP contribution in [0.4, 0.5) is 0 Å². The summed E-state index contributed by atoms with van der Waals surface area (Å²) in [5.74, 6) is 1.21. The van der Waals surface area contributed by atoms with Gasteiger partial charge in [0.1, 0.15) is 12.0 Å². The molecule has 1 fully saturated rings. The number of carbonyl (C=O) groups is 1. The van der Waals surface area contributed by atoms with Crippen LogP contribution >= 0.6 is 0 Å². The van der Waals surface area contributed by atoms with Crippen molar-refractivity contribution in [3.8, 4) is 5.75 Å². The number of hydrogen-bond donors (Lipinski definition) is 0. The van der Waals surface area contributed by atoms with Gasteiger partial charge < -0.3 is 4.74 Å². The third-order valence-corrected chi connectivity index (χ3v) is 2.62. The minimum atomic E-state index is 0.320. The first-order valence-corrected chi connectivity index (χ1v) is 5.47. The minimum absolute atomic E-state index is 0.320. The maximum absolute atomic E-state index is 10.9. The van der Waals surface area contributed by atoms with Crippen LogP contribution < -0.4 is 4.74 Å². The number of hydrogen-bond acceptors (Lipinski definition) is 2. The van der Waals surface area contributed by atoms with Crippen LogP contribution in [0.3, 0.4) is 0 Å². The SMILES string of the molecule is CC(C)c1c(C=O)cccc1OC1CC1. The zero-order chi connectivity index (χ0) is 10.8. The second-order valence-electron chi connectivity index (χ2n) is 4.35. The molecule has 2 rings (SSSR count). The molecule has 0 bridgehead atoms. The second kappa shape index (κ2) is 4.05. The molecule has 0 unspecified atom stereocenters. The van der Waals surface area contributed by atoms with Crippen molar-refractivity contribution in [3.05, 3.63) is 29.3 Å². The summed E-state index contributed by atoms with van der Waals surface area (Å²) in [4.78, 5) is 10.9. The fourth-order valence-electron chi connectivity index (χ4n) is 1.75. The minimum Gasteiger partial charge on any atom is -0.490 e. The monoisotopic (exact) mass is 204 g/mol. The molecule has 1 aromatic rings. The van der Waals surface area contributed by atoms with Crippen molar-refractivity contribution in [2.45, 2.75) is 38.7 Å². The number of aldehydes is 1. The molecular formula is C13H16O2. The van der Waals surface area contributed by atoms with E-state index in [1.165, 1.54) is 0 Å². The van der Waals surface area contributed by atoms with Gasteiger partial charge in [0.25, 0.3) is 0 Å². The molecule has 2 nitrogen and oxygen atoms in total. The van der Waals surface area contributed by atoms with Gasteiger partial charge in [-0.05, 0) is 24.8 Å². The third-order valence-electron chi connectivity index (χ3n) is 2.62. The van der Waals surface area contributed by atoms with Crippen LogP contribution in [-0.2, 0) is 0 Å². The number of ether oxygens (including phenoxy) is 1. The fraction of sp³-hybridized carbons (Fsp3) is 0.462. The van der Waals surface area contributed by atoms with Crippen LogP contribution in [-0.4, -0.2) is 12.4 Å². The van der Waals surface area contributed by atoms with E-state index in [9.17, 15) is 4.79 Å². The zero-order valence-corrected chi connectivity index (χ0v) is 9.19. The Bertz CT molecular complexity index is 365. The standard InChI is InChI=1S/C13H16O2/c1-9(2)13-10(8-14)4-3-5-12(13)15-11-6-7-11/h3-5,8-9,11H,6-7H2,1-2H3. The van der Waals surface area contributed by atoms with Crippen LogP contribution in [0.1, 0.15) is 48.5 Å².